The third kappa shape index (κ3) is 2.98. The van der Waals surface area contributed by atoms with Gasteiger partial charge in [-0.3, -0.25) is 0 Å². The number of carbonyl (C=O) groups excluding carboxylic acids is 1. The van der Waals surface area contributed by atoms with Gasteiger partial charge in [0.1, 0.15) is 6.61 Å². The fraction of sp³-hybridized carbons (Fsp3) is 0.190. The first-order chi connectivity index (χ1) is 11.8. The molecular formula is C21H21NO2. The molecule has 0 saturated carbocycles. The van der Waals surface area contributed by atoms with Crippen molar-refractivity contribution in [1.82, 2.24) is 4.90 Å². The van der Waals surface area contributed by atoms with Crippen LogP contribution < -0.4 is 0 Å². The number of carbonyl (C=O) groups is 1. The van der Waals surface area contributed by atoms with E-state index in [1.54, 1.807) is 17.1 Å². The SMILES string of the molecule is C=CCN(CC=C)C(=O)OCC1c2ccccc2-c2ccccc21. The standard InChI is InChI=1S/C21H21NO2/c1-3-13-22(14-4-2)21(23)24-15-20-18-11-7-5-9-16(18)17-10-6-8-12-19(17)20/h3-12,20H,1-2,13-15H2. The van der Waals surface area contributed by atoms with Crippen molar-refractivity contribution in [2.45, 2.75) is 5.92 Å². The Kier molecular flexibility index (Phi) is 4.80. The van der Waals surface area contributed by atoms with Crippen LogP contribution in [0.3, 0.4) is 0 Å². The lowest BCUT2D eigenvalue weighted by atomic mass is 9.98. The van der Waals surface area contributed by atoms with E-state index in [2.05, 4.69) is 37.4 Å². The summed E-state index contributed by atoms with van der Waals surface area (Å²) in [7, 11) is 0. The molecule has 3 rings (SSSR count). The molecule has 1 aliphatic rings. The highest BCUT2D eigenvalue weighted by Crippen LogP contribution is 2.44. The second-order valence-corrected chi connectivity index (χ2v) is 5.79. The summed E-state index contributed by atoms with van der Waals surface area (Å²) >= 11 is 0. The minimum absolute atomic E-state index is 0.0793. The molecule has 122 valence electrons. The summed E-state index contributed by atoms with van der Waals surface area (Å²) in [5.74, 6) is 0.0793. The average molecular weight is 319 g/mol. The molecule has 2 aromatic carbocycles. The van der Waals surface area contributed by atoms with E-state index in [1.165, 1.54) is 22.3 Å². The summed E-state index contributed by atoms with van der Waals surface area (Å²) in [6, 6.07) is 16.6. The number of amides is 1. The summed E-state index contributed by atoms with van der Waals surface area (Å²) < 4.78 is 5.60. The minimum atomic E-state index is -0.336. The molecule has 3 heteroatoms. The Morgan fingerprint density at radius 2 is 1.46 bits per heavy atom. The third-order valence-corrected chi connectivity index (χ3v) is 4.29. The van der Waals surface area contributed by atoms with Gasteiger partial charge in [-0.25, -0.2) is 4.79 Å². The first-order valence-electron chi connectivity index (χ1n) is 8.08. The number of benzene rings is 2. The molecule has 0 heterocycles. The van der Waals surface area contributed by atoms with E-state index in [-0.39, 0.29) is 12.0 Å². The summed E-state index contributed by atoms with van der Waals surface area (Å²) in [5.41, 5.74) is 4.88. The maximum Gasteiger partial charge on any atom is 0.410 e. The number of rotatable bonds is 6. The van der Waals surface area contributed by atoms with Crippen LogP contribution in [0, 0.1) is 0 Å². The van der Waals surface area contributed by atoms with Gasteiger partial charge in [0.2, 0.25) is 0 Å². The zero-order valence-corrected chi connectivity index (χ0v) is 13.7. The molecule has 0 atom stereocenters. The summed E-state index contributed by atoms with van der Waals surface area (Å²) in [6.45, 7) is 8.58. The highest BCUT2D eigenvalue weighted by molar-refractivity contribution is 5.79. The molecule has 3 nitrogen and oxygen atoms in total. The van der Waals surface area contributed by atoms with Gasteiger partial charge in [0.25, 0.3) is 0 Å². The predicted octanol–water partition coefficient (Wildman–Crippen LogP) is 4.61. The molecule has 0 saturated heterocycles. The Balaban J connectivity index is 1.79. The van der Waals surface area contributed by atoms with Gasteiger partial charge in [0.05, 0.1) is 0 Å². The van der Waals surface area contributed by atoms with Crippen molar-refractivity contribution in [1.29, 1.82) is 0 Å². The van der Waals surface area contributed by atoms with E-state index in [9.17, 15) is 4.79 Å². The Bertz CT molecular complexity index is 710. The molecule has 0 fully saturated rings. The van der Waals surface area contributed by atoms with E-state index in [0.717, 1.165) is 0 Å². The molecule has 2 aromatic rings. The number of hydrogen-bond donors (Lipinski definition) is 0. The first-order valence-corrected chi connectivity index (χ1v) is 8.08. The lowest BCUT2D eigenvalue weighted by Crippen LogP contribution is -2.32. The Labute approximate surface area is 142 Å². The molecule has 0 unspecified atom stereocenters. The van der Waals surface area contributed by atoms with Gasteiger partial charge >= 0.3 is 6.09 Å². The first kappa shape index (κ1) is 16.1. The van der Waals surface area contributed by atoms with Crippen LogP contribution in [0.2, 0.25) is 0 Å². The molecule has 1 aliphatic carbocycles. The Hall–Kier alpha value is -2.81. The van der Waals surface area contributed by atoms with Crippen LogP contribution in [0.25, 0.3) is 11.1 Å². The normalized spacial score (nSPS) is 12.2. The second kappa shape index (κ2) is 7.18. The monoisotopic (exact) mass is 319 g/mol. The van der Waals surface area contributed by atoms with E-state index in [1.807, 2.05) is 24.3 Å². The molecule has 0 aliphatic heterocycles. The number of ether oxygens (including phenoxy) is 1. The molecule has 0 bridgehead atoms. The van der Waals surface area contributed by atoms with Crippen LogP contribution in [-0.4, -0.2) is 30.7 Å². The minimum Gasteiger partial charge on any atom is -0.448 e. The molecular weight excluding hydrogens is 298 g/mol. The second-order valence-electron chi connectivity index (χ2n) is 5.79. The van der Waals surface area contributed by atoms with E-state index < -0.39 is 0 Å². The van der Waals surface area contributed by atoms with Crippen LogP contribution in [0.15, 0.2) is 73.8 Å². The van der Waals surface area contributed by atoms with Crippen molar-refractivity contribution < 1.29 is 9.53 Å². The molecule has 0 N–H and O–H groups in total. The number of hydrogen-bond acceptors (Lipinski definition) is 2. The Morgan fingerprint density at radius 3 is 1.96 bits per heavy atom. The van der Waals surface area contributed by atoms with Crippen molar-refractivity contribution in [2.24, 2.45) is 0 Å². The van der Waals surface area contributed by atoms with Crippen molar-refractivity contribution in [2.75, 3.05) is 19.7 Å². The maximum absolute atomic E-state index is 12.3. The molecule has 1 amide bonds. The number of nitrogens with zero attached hydrogens (tertiary/aromatic N) is 1. The van der Waals surface area contributed by atoms with Gasteiger partial charge in [-0.2, -0.15) is 0 Å². The van der Waals surface area contributed by atoms with Gasteiger partial charge in [-0.05, 0) is 22.3 Å². The average Bonchev–Trinajstić information content (AvgIpc) is 2.93. The van der Waals surface area contributed by atoms with Crippen molar-refractivity contribution in [3.05, 3.63) is 85.0 Å². The maximum atomic E-state index is 12.3. The van der Waals surface area contributed by atoms with Gasteiger partial charge in [-0.15, -0.1) is 13.2 Å². The highest BCUT2D eigenvalue weighted by Gasteiger charge is 2.29. The van der Waals surface area contributed by atoms with Gasteiger partial charge in [0.15, 0.2) is 0 Å². The molecule has 0 radical (unpaired) electrons. The fourth-order valence-electron chi connectivity index (χ4n) is 3.22. The quantitative estimate of drug-likeness (QED) is 0.728. The van der Waals surface area contributed by atoms with E-state index in [0.29, 0.717) is 19.7 Å². The smallest absolute Gasteiger partial charge is 0.410 e. The van der Waals surface area contributed by atoms with Crippen LogP contribution in [0.1, 0.15) is 17.0 Å². The Morgan fingerprint density at radius 1 is 0.958 bits per heavy atom. The van der Waals surface area contributed by atoms with Crippen LogP contribution in [0.5, 0.6) is 0 Å². The zero-order valence-electron chi connectivity index (χ0n) is 13.7. The van der Waals surface area contributed by atoms with Crippen molar-refractivity contribution >= 4 is 6.09 Å². The lowest BCUT2D eigenvalue weighted by Gasteiger charge is -2.21. The van der Waals surface area contributed by atoms with Gasteiger partial charge in [-0.1, -0.05) is 60.7 Å². The van der Waals surface area contributed by atoms with Crippen molar-refractivity contribution in [3.63, 3.8) is 0 Å². The molecule has 24 heavy (non-hydrogen) atoms. The van der Waals surface area contributed by atoms with E-state index in [4.69, 9.17) is 4.74 Å². The van der Waals surface area contributed by atoms with Crippen molar-refractivity contribution in [3.8, 4) is 11.1 Å². The third-order valence-electron chi connectivity index (χ3n) is 4.29. The molecule has 0 aromatic heterocycles. The summed E-state index contributed by atoms with van der Waals surface area (Å²) in [5, 5.41) is 0. The topological polar surface area (TPSA) is 29.5 Å². The van der Waals surface area contributed by atoms with E-state index >= 15 is 0 Å². The lowest BCUT2D eigenvalue weighted by molar-refractivity contribution is 0.107. The summed E-state index contributed by atoms with van der Waals surface area (Å²) in [6.07, 6.45) is 3.03. The van der Waals surface area contributed by atoms with Gasteiger partial charge in [0, 0.05) is 19.0 Å². The fourth-order valence-corrected chi connectivity index (χ4v) is 3.22. The largest absolute Gasteiger partial charge is 0.448 e. The van der Waals surface area contributed by atoms with Crippen LogP contribution >= 0.6 is 0 Å². The molecule has 0 spiro atoms. The highest BCUT2D eigenvalue weighted by atomic mass is 16.6. The zero-order chi connectivity index (χ0) is 16.9. The van der Waals surface area contributed by atoms with Crippen LogP contribution in [-0.2, 0) is 4.74 Å². The predicted molar refractivity (Wildman–Crippen MR) is 97.0 cm³/mol. The summed E-state index contributed by atoms with van der Waals surface area (Å²) in [4.78, 5) is 13.9. The number of fused-ring (bicyclic) bond motifs is 3. The van der Waals surface area contributed by atoms with Gasteiger partial charge < -0.3 is 9.64 Å². The van der Waals surface area contributed by atoms with Crippen LogP contribution in [0.4, 0.5) is 4.79 Å².